The van der Waals surface area contributed by atoms with Crippen LogP contribution in [0.25, 0.3) is 10.8 Å². The third-order valence-corrected chi connectivity index (χ3v) is 5.64. The van der Waals surface area contributed by atoms with Gasteiger partial charge in [0, 0.05) is 4.90 Å². The summed E-state index contributed by atoms with van der Waals surface area (Å²) in [7, 11) is 0. The molecule has 2 aromatic rings. The molecule has 2 aromatic carbocycles. The van der Waals surface area contributed by atoms with Crippen molar-refractivity contribution in [1.82, 2.24) is 5.48 Å². The minimum atomic E-state index is -4.63. The smallest absolute Gasteiger partial charge is 0.851 e. The number of nitrogens with one attached hydrogen (secondary N) is 1. The first-order chi connectivity index (χ1) is 13.9. The first-order valence-electron chi connectivity index (χ1n) is 9.34. The van der Waals surface area contributed by atoms with Crippen molar-refractivity contribution in [2.45, 2.75) is 56.0 Å². The Morgan fingerprint density at radius 1 is 1.17 bits per heavy atom. The molecule has 1 amide bonds. The van der Waals surface area contributed by atoms with Crippen molar-refractivity contribution in [3.8, 4) is 0 Å². The maximum atomic E-state index is 12.5. The molecular weight excluding hydrogens is 462 g/mol. The van der Waals surface area contributed by atoms with E-state index in [1.807, 2.05) is 11.5 Å². The molecule has 0 radical (unpaired) electrons. The number of carbonyl (C=O) groups is 1. The zero-order valence-electron chi connectivity index (χ0n) is 17.0. The zero-order chi connectivity index (χ0) is 21.3. The van der Waals surface area contributed by atoms with Crippen LogP contribution in [0.4, 0.5) is 13.2 Å². The molecule has 1 N–H and O–H groups in total. The van der Waals surface area contributed by atoms with Crippen LogP contribution < -0.4 is 62.0 Å². The second-order valence-corrected chi connectivity index (χ2v) is 8.40. The molecule has 0 bridgehead atoms. The van der Waals surface area contributed by atoms with E-state index in [9.17, 15) is 23.1 Å². The third kappa shape index (κ3) is 9.38. The summed E-state index contributed by atoms with van der Waals surface area (Å²) >= 11 is 0.783. The number of benzene rings is 2. The van der Waals surface area contributed by atoms with Crippen molar-refractivity contribution in [2.75, 3.05) is 5.75 Å². The van der Waals surface area contributed by atoms with Crippen molar-refractivity contribution in [3.63, 3.8) is 0 Å². The van der Waals surface area contributed by atoms with Gasteiger partial charge in [-0.25, -0.2) is 5.48 Å². The van der Waals surface area contributed by atoms with Crippen LogP contribution in [0.15, 0.2) is 35.2 Å². The number of rotatable bonds is 11. The number of fused-ring (bicyclic) bond motifs is 1. The van der Waals surface area contributed by atoms with Gasteiger partial charge in [-0.2, -0.15) is 17.5 Å². The van der Waals surface area contributed by atoms with Crippen LogP contribution in [0.1, 0.15) is 54.9 Å². The molecule has 2 rings (SSSR count). The van der Waals surface area contributed by atoms with E-state index in [-0.39, 0.29) is 56.9 Å². The fraction of sp³-hybridized carbons (Fsp3) is 0.450. The van der Waals surface area contributed by atoms with Gasteiger partial charge in [0.25, 0.3) is 5.91 Å². The van der Waals surface area contributed by atoms with Crippen molar-refractivity contribution in [1.29, 1.82) is 0 Å². The van der Waals surface area contributed by atoms with E-state index >= 15 is 0 Å². The van der Waals surface area contributed by atoms with Crippen molar-refractivity contribution in [3.05, 3.63) is 41.5 Å². The van der Waals surface area contributed by atoms with Gasteiger partial charge in [-0.1, -0.05) is 56.4 Å². The number of thioether (sulfide) groups is 1. The molecule has 0 heterocycles. The van der Waals surface area contributed by atoms with Crippen molar-refractivity contribution < 1.29 is 78.7 Å². The van der Waals surface area contributed by atoms with Gasteiger partial charge in [0.2, 0.25) is 0 Å². The molecule has 0 aliphatic carbocycles. The van der Waals surface area contributed by atoms with Gasteiger partial charge in [-0.3, -0.25) is 4.79 Å². The zero-order valence-corrected chi connectivity index (χ0v) is 21.8. The van der Waals surface area contributed by atoms with Crippen LogP contribution in [0, 0.1) is 0 Å². The van der Waals surface area contributed by atoms with Crippen molar-refractivity contribution >= 4 is 40.5 Å². The Bertz CT molecular complexity index is 822. The number of hydrogen-bond donors (Lipinski definition) is 1. The van der Waals surface area contributed by atoms with E-state index in [0.29, 0.717) is 16.3 Å². The molecule has 0 aromatic heterocycles. The Morgan fingerprint density at radius 2 is 1.90 bits per heavy atom. The normalized spacial score (nSPS) is 11.4. The van der Waals surface area contributed by atoms with E-state index in [2.05, 4.69) is 11.2 Å². The van der Waals surface area contributed by atoms with Crippen molar-refractivity contribution in [2.24, 2.45) is 0 Å². The minimum absolute atomic E-state index is 0. The number of amides is 1. The number of alkyl halides is 3. The first-order valence-corrected chi connectivity index (χ1v) is 11.1. The molecule has 0 spiro atoms. The molecule has 0 atom stereocenters. The third-order valence-electron chi connectivity index (χ3n) is 4.22. The molecular formula is C20H23F3KNO3S2. The average Bonchev–Trinajstić information content (AvgIpc) is 2.68. The van der Waals surface area contributed by atoms with Crippen LogP contribution in [-0.2, 0) is 10.9 Å². The summed E-state index contributed by atoms with van der Waals surface area (Å²) in [6.45, 7) is 1.61. The quantitative estimate of drug-likeness (QED) is 0.174. The van der Waals surface area contributed by atoms with E-state index in [0.717, 1.165) is 23.5 Å². The molecule has 0 unspecified atom stereocenters. The van der Waals surface area contributed by atoms with Gasteiger partial charge >= 0.3 is 56.9 Å². The Kier molecular flexibility index (Phi) is 13.5. The summed E-state index contributed by atoms with van der Waals surface area (Å²) in [6.07, 6.45) is 5.73. The fourth-order valence-electron chi connectivity index (χ4n) is 2.92. The maximum absolute atomic E-state index is 12.5. The Hall–Kier alpha value is 0.216. The van der Waals surface area contributed by atoms with Gasteiger partial charge in [-0.15, -0.1) is 18.4 Å². The molecule has 10 heteroatoms. The number of halogens is 3. The van der Waals surface area contributed by atoms with Gasteiger partial charge in [-0.05, 0) is 35.1 Å². The van der Waals surface area contributed by atoms with Crippen LogP contribution >= 0.6 is 23.8 Å². The summed E-state index contributed by atoms with van der Waals surface area (Å²) in [6, 6.07) is 8.62. The summed E-state index contributed by atoms with van der Waals surface area (Å²) < 4.78 is 40.9. The first kappa shape index (κ1) is 28.2. The summed E-state index contributed by atoms with van der Waals surface area (Å²) in [4.78, 5) is 13.3. The van der Waals surface area contributed by atoms with Gasteiger partial charge in [0.1, 0.15) is 12.0 Å². The molecule has 160 valence electrons. The monoisotopic (exact) mass is 485 g/mol. The largest absolute Gasteiger partial charge is 1.00 e. The minimum Gasteiger partial charge on any atom is -0.851 e. The van der Waals surface area contributed by atoms with Crippen LogP contribution in [0.2, 0.25) is 0 Å². The SMILES string of the molecule is CCCCCCCSc1cc(C(=O)NOSC(F)(F)F)c2c(C[O-])cccc2c1.[K+]. The second-order valence-electron chi connectivity index (χ2n) is 6.44. The van der Waals surface area contributed by atoms with E-state index < -0.39 is 30.1 Å². The standard InChI is InChI=1S/C20H23F3NO3S2.K/c1-2-3-4-5-6-10-28-16-11-14-8-7-9-15(13-25)18(14)17(12-16)19(26)24-27-29-20(21,22)23;/h7-9,11-12H,2-6,10,13H2,1H3,(H,24,26);/q-1;+1. The summed E-state index contributed by atoms with van der Waals surface area (Å²) in [5.74, 6) is 0.0517. The number of hydrogen-bond acceptors (Lipinski definition) is 5. The number of hydroxylamine groups is 1. The molecule has 0 saturated heterocycles. The predicted octanol–water partition coefficient (Wildman–Crippen LogP) is 2.60. The molecule has 4 nitrogen and oxygen atoms in total. The van der Waals surface area contributed by atoms with E-state index in [4.69, 9.17) is 0 Å². The van der Waals surface area contributed by atoms with Gasteiger partial charge in [0.15, 0.2) is 0 Å². The number of carbonyl (C=O) groups excluding carboxylic acids is 1. The Balaban J connectivity index is 0.00000450. The van der Waals surface area contributed by atoms with E-state index in [1.165, 1.54) is 19.3 Å². The molecule has 0 aliphatic heterocycles. The summed E-state index contributed by atoms with van der Waals surface area (Å²) in [5.41, 5.74) is -2.29. The topological polar surface area (TPSA) is 61.4 Å². The Labute approximate surface area is 225 Å². The maximum Gasteiger partial charge on any atom is 1.00 e. The molecule has 30 heavy (non-hydrogen) atoms. The number of unbranched alkanes of at least 4 members (excludes halogenated alkanes) is 4. The van der Waals surface area contributed by atoms with Crippen LogP contribution in [0.5, 0.6) is 0 Å². The van der Waals surface area contributed by atoms with Gasteiger partial charge < -0.3 is 5.11 Å². The van der Waals surface area contributed by atoms with E-state index in [1.54, 1.807) is 36.0 Å². The van der Waals surface area contributed by atoms with Crippen LogP contribution in [0.3, 0.4) is 0 Å². The molecule has 0 saturated carbocycles. The molecule has 0 fully saturated rings. The predicted molar refractivity (Wildman–Crippen MR) is 109 cm³/mol. The van der Waals surface area contributed by atoms with Gasteiger partial charge in [0.05, 0.1) is 5.56 Å². The fourth-order valence-corrected chi connectivity index (χ4v) is 4.12. The van der Waals surface area contributed by atoms with Crippen LogP contribution in [-0.4, -0.2) is 17.2 Å². The summed E-state index contributed by atoms with van der Waals surface area (Å²) in [5, 5.41) is 12.7. The average molecular weight is 486 g/mol. The molecule has 0 aliphatic rings. The second kappa shape index (κ2) is 14.4. The Morgan fingerprint density at radius 3 is 2.57 bits per heavy atom.